The zero-order valence-corrected chi connectivity index (χ0v) is 12.8. The van der Waals surface area contributed by atoms with Gasteiger partial charge in [0.05, 0.1) is 5.69 Å². The second kappa shape index (κ2) is 5.53. The molecular formula is C12H19ClN4S. The lowest BCUT2D eigenvalue weighted by atomic mass is 10.3. The van der Waals surface area contributed by atoms with Crippen LogP contribution in [0.5, 0.6) is 0 Å². The van der Waals surface area contributed by atoms with Gasteiger partial charge in [-0.25, -0.2) is 4.98 Å². The van der Waals surface area contributed by atoms with Gasteiger partial charge in [0.1, 0.15) is 11.3 Å². The normalized spacial score (nSPS) is 13.4. The second-order valence-corrected chi connectivity index (χ2v) is 5.81. The van der Waals surface area contributed by atoms with Crippen LogP contribution in [0.3, 0.4) is 0 Å². The predicted octanol–water partition coefficient (Wildman–Crippen LogP) is 2.78. The van der Waals surface area contributed by atoms with Gasteiger partial charge in [0.15, 0.2) is 5.65 Å². The molecule has 2 aromatic heterocycles. The Hall–Kier alpha value is -0.680. The van der Waals surface area contributed by atoms with Crippen molar-refractivity contribution < 1.29 is 0 Å². The fourth-order valence-corrected chi connectivity index (χ4v) is 3.18. The Morgan fingerprint density at radius 3 is 2.78 bits per heavy atom. The summed E-state index contributed by atoms with van der Waals surface area (Å²) in [4.78, 5) is 4.71. The van der Waals surface area contributed by atoms with E-state index in [-0.39, 0.29) is 0 Å². The van der Waals surface area contributed by atoms with Gasteiger partial charge in [-0.1, -0.05) is 0 Å². The summed E-state index contributed by atoms with van der Waals surface area (Å²) in [5, 5.41) is 4.45. The van der Waals surface area contributed by atoms with Gasteiger partial charge in [0.2, 0.25) is 0 Å². The van der Waals surface area contributed by atoms with Crippen molar-refractivity contribution in [1.82, 2.24) is 19.3 Å². The minimum Gasteiger partial charge on any atom is -0.309 e. The zero-order valence-electron chi connectivity index (χ0n) is 11.3. The Kier molecular flexibility index (Phi) is 4.22. The average molecular weight is 287 g/mol. The largest absolute Gasteiger partial charge is 0.309 e. The first-order valence-corrected chi connectivity index (χ1v) is 7.98. The number of alkyl halides is 1. The summed E-state index contributed by atoms with van der Waals surface area (Å²) in [7, 11) is 1.98. The van der Waals surface area contributed by atoms with Crippen molar-refractivity contribution in [3.05, 3.63) is 11.5 Å². The van der Waals surface area contributed by atoms with Crippen LogP contribution in [0, 0.1) is 6.92 Å². The molecule has 0 N–H and O–H groups in total. The predicted molar refractivity (Wildman–Crippen MR) is 78.8 cm³/mol. The van der Waals surface area contributed by atoms with Crippen LogP contribution in [0.15, 0.2) is 0 Å². The third kappa shape index (κ3) is 2.26. The molecule has 0 spiro atoms. The fraction of sp³-hybridized carbons (Fsp3) is 0.667. The van der Waals surface area contributed by atoms with E-state index in [9.17, 15) is 0 Å². The SMILES string of the molecule is CSCC(C)n1c(CCCl)nc2c(C)nn(C)c21. The lowest BCUT2D eigenvalue weighted by Gasteiger charge is -2.16. The third-order valence-corrected chi connectivity index (χ3v) is 4.08. The molecule has 2 rings (SSSR count). The minimum absolute atomic E-state index is 0.401. The van der Waals surface area contributed by atoms with E-state index in [1.54, 1.807) is 0 Å². The quantitative estimate of drug-likeness (QED) is 0.793. The van der Waals surface area contributed by atoms with Crippen molar-refractivity contribution in [1.29, 1.82) is 0 Å². The van der Waals surface area contributed by atoms with E-state index < -0.39 is 0 Å². The van der Waals surface area contributed by atoms with Gasteiger partial charge in [0.25, 0.3) is 0 Å². The summed E-state index contributed by atoms with van der Waals surface area (Å²) in [6.45, 7) is 4.22. The van der Waals surface area contributed by atoms with Crippen LogP contribution >= 0.6 is 23.4 Å². The lowest BCUT2D eigenvalue weighted by molar-refractivity contribution is 0.577. The number of imidazole rings is 1. The smallest absolute Gasteiger partial charge is 0.158 e. The Balaban J connectivity index is 2.60. The molecule has 2 aromatic rings. The van der Waals surface area contributed by atoms with Crippen molar-refractivity contribution in [2.75, 3.05) is 17.9 Å². The monoisotopic (exact) mass is 286 g/mol. The van der Waals surface area contributed by atoms with E-state index in [0.717, 1.165) is 34.9 Å². The Labute approximate surface area is 117 Å². The maximum atomic E-state index is 5.88. The Morgan fingerprint density at radius 2 is 2.17 bits per heavy atom. The first-order valence-electron chi connectivity index (χ1n) is 6.05. The molecule has 1 unspecified atom stereocenters. The Morgan fingerprint density at radius 1 is 1.44 bits per heavy atom. The number of hydrogen-bond acceptors (Lipinski definition) is 3. The van der Waals surface area contributed by atoms with Crippen molar-refractivity contribution in [3.63, 3.8) is 0 Å². The molecule has 0 fully saturated rings. The van der Waals surface area contributed by atoms with Crippen molar-refractivity contribution in [2.24, 2.45) is 7.05 Å². The molecule has 2 heterocycles. The van der Waals surface area contributed by atoms with Crippen LogP contribution in [0.1, 0.15) is 24.5 Å². The van der Waals surface area contributed by atoms with Gasteiger partial charge < -0.3 is 4.57 Å². The van der Waals surface area contributed by atoms with Crippen LogP contribution in [-0.4, -0.2) is 37.2 Å². The highest BCUT2D eigenvalue weighted by molar-refractivity contribution is 7.98. The maximum Gasteiger partial charge on any atom is 0.158 e. The number of hydrogen-bond donors (Lipinski definition) is 0. The number of aromatic nitrogens is 4. The lowest BCUT2D eigenvalue weighted by Crippen LogP contribution is -2.14. The summed E-state index contributed by atoms with van der Waals surface area (Å²) in [5.74, 6) is 2.73. The molecule has 0 radical (unpaired) electrons. The van der Waals surface area contributed by atoms with E-state index in [4.69, 9.17) is 16.6 Å². The summed E-state index contributed by atoms with van der Waals surface area (Å²) >= 11 is 7.73. The number of halogens is 1. The van der Waals surface area contributed by atoms with Gasteiger partial charge >= 0.3 is 0 Å². The average Bonchev–Trinajstić information content (AvgIpc) is 2.80. The standard InChI is InChI=1S/C12H19ClN4S/c1-8(7-18-4)17-10(5-6-13)14-11-9(2)15-16(3)12(11)17/h8H,5-7H2,1-4H3. The zero-order chi connectivity index (χ0) is 13.3. The van der Waals surface area contributed by atoms with Gasteiger partial charge in [-0.05, 0) is 20.1 Å². The number of fused-ring (bicyclic) bond motifs is 1. The molecule has 0 aliphatic heterocycles. The molecule has 0 aromatic carbocycles. The summed E-state index contributed by atoms with van der Waals surface area (Å²) < 4.78 is 4.21. The van der Waals surface area contributed by atoms with E-state index in [1.165, 1.54) is 0 Å². The van der Waals surface area contributed by atoms with Gasteiger partial charge in [-0.3, -0.25) is 4.68 Å². The van der Waals surface area contributed by atoms with E-state index >= 15 is 0 Å². The summed E-state index contributed by atoms with van der Waals surface area (Å²) in [6, 6.07) is 0.401. The van der Waals surface area contributed by atoms with Crippen LogP contribution in [0.25, 0.3) is 11.2 Å². The molecule has 18 heavy (non-hydrogen) atoms. The summed E-state index contributed by atoms with van der Waals surface area (Å²) in [6.07, 6.45) is 2.93. The molecule has 4 nitrogen and oxygen atoms in total. The van der Waals surface area contributed by atoms with Crippen LogP contribution in [0.4, 0.5) is 0 Å². The number of aryl methyl sites for hydroxylation is 3. The molecule has 0 amide bonds. The first kappa shape index (κ1) is 13.7. The third-order valence-electron chi connectivity index (χ3n) is 3.07. The molecule has 0 saturated carbocycles. The molecule has 1 atom stereocenters. The topological polar surface area (TPSA) is 35.6 Å². The number of rotatable bonds is 5. The van der Waals surface area contributed by atoms with Gasteiger partial charge in [-0.15, -0.1) is 11.6 Å². The van der Waals surface area contributed by atoms with Crippen LogP contribution in [0.2, 0.25) is 0 Å². The van der Waals surface area contributed by atoms with Crippen LogP contribution in [-0.2, 0) is 13.5 Å². The second-order valence-electron chi connectivity index (χ2n) is 4.52. The maximum absolute atomic E-state index is 5.88. The Bertz CT molecular complexity index is 546. The van der Waals surface area contributed by atoms with Crippen molar-refractivity contribution in [2.45, 2.75) is 26.3 Å². The summed E-state index contributed by atoms with van der Waals surface area (Å²) in [5.41, 5.74) is 3.10. The van der Waals surface area contributed by atoms with E-state index in [1.807, 2.05) is 30.4 Å². The molecule has 0 aliphatic carbocycles. The minimum atomic E-state index is 0.401. The van der Waals surface area contributed by atoms with Gasteiger partial charge in [0, 0.05) is 31.1 Å². The molecule has 0 saturated heterocycles. The van der Waals surface area contributed by atoms with Crippen molar-refractivity contribution in [3.8, 4) is 0 Å². The molecule has 100 valence electrons. The number of nitrogens with zero attached hydrogens (tertiary/aromatic N) is 4. The highest BCUT2D eigenvalue weighted by Gasteiger charge is 2.20. The number of thioether (sulfide) groups is 1. The fourth-order valence-electron chi connectivity index (χ4n) is 2.38. The molecule has 6 heteroatoms. The van der Waals surface area contributed by atoms with E-state index in [2.05, 4.69) is 22.8 Å². The first-order chi connectivity index (χ1) is 8.60. The molecule has 0 aliphatic rings. The molecule has 0 bridgehead atoms. The van der Waals surface area contributed by atoms with Crippen LogP contribution < -0.4 is 0 Å². The highest BCUT2D eigenvalue weighted by Crippen LogP contribution is 2.25. The highest BCUT2D eigenvalue weighted by atomic mass is 35.5. The van der Waals surface area contributed by atoms with Gasteiger partial charge in [-0.2, -0.15) is 16.9 Å². The van der Waals surface area contributed by atoms with E-state index in [0.29, 0.717) is 11.9 Å². The van der Waals surface area contributed by atoms with Crippen molar-refractivity contribution >= 4 is 34.5 Å². The molecular weight excluding hydrogens is 268 g/mol.